The second-order valence-electron chi connectivity index (χ2n) is 3.38. The first-order chi connectivity index (χ1) is 8.38. The van der Waals surface area contributed by atoms with Crippen molar-refractivity contribution in [3.8, 4) is 17.2 Å². The Morgan fingerprint density at radius 2 is 1.29 bits per heavy atom. The van der Waals surface area contributed by atoms with Crippen LogP contribution in [0.1, 0.15) is 6.42 Å². The van der Waals surface area contributed by atoms with E-state index in [1.54, 1.807) is 6.08 Å². The van der Waals surface area contributed by atoms with Crippen LogP contribution in [-0.2, 0) is 0 Å². The van der Waals surface area contributed by atoms with Gasteiger partial charge in [0.1, 0.15) is 0 Å². The molecular formula is C16H15N. The number of hydrogen-bond donors (Lipinski definition) is 0. The van der Waals surface area contributed by atoms with Gasteiger partial charge in [0.05, 0.1) is 12.5 Å². The van der Waals surface area contributed by atoms with Gasteiger partial charge in [0.25, 0.3) is 0 Å². The maximum atomic E-state index is 7.74. The van der Waals surface area contributed by atoms with E-state index in [1.807, 2.05) is 18.2 Å². The first kappa shape index (κ1) is 12.7. The van der Waals surface area contributed by atoms with Crippen LogP contribution in [0, 0.1) is 11.3 Å². The van der Waals surface area contributed by atoms with Gasteiger partial charge in [-0.2, -0.15) is 5.26 Å². The summed E-state index contributed by atoms with van der Waals surface area (Å²) in [5.74, 6) is 0. The molecule has 0 fully saturated rings. The Labute approximate surface area is 103 Å². The van der Waals surface area contributed by atoms with Crippen LogP contribution in [0.25, 0.3) is 11.1 Å². The highest BCUT2D eigenvalue weighted by atomic mass is 14.2. The number of nitrogens with zero attached hydrogens (tertiary/aromatic N) is 1. The molecule has 0 heterocycles. The second kappa shape index (κ2) is 7.90. The van der Waals surface area contributed by atoms with Crippen molar-refractivity contribution in [1.29, 1.82) is 5.26 Å². The normalized spacial score (nSPS) is 8.41. The number of benzene rings is 2. The first-order valence-electron chi connectivity index (χ1n) is 5.47. The summed E-state index contributed by atoms with van der Waals surface area (Å²) in [6.07, 6.45) is 2.03. The summed E-state index contributed by atoms with van der Waals surface area (Å²) in [5.41, 5.74) is 2.55. The van der Waals surface area contributed by atoms with Crippen molar-refractivity contribution in [2.45, 2.75) is 6.42 Å². The van der Waals surface area contributed by atoms with Gasteiger partial charge in [0.15, 0.2) is 0 Å². The zero-order valence-corrected chi connectivity index (χ0v) is 9.71. The monoisotopic (exact) mass is 221 g/mol. The lowest BCUT2D eigenvalue weighted by molar-refractivity contribution is 1.36. The van der Waals surface area contributed by atoms with Crippen molar-refractivity contribution >= 4 is 0 Å². The molecule has 2 rings (SSSR count). The molecule has 2 aromatic rings. The van der Waals surface area contributed by atoms with Gasteiger partial charge in [-0.25, -0.2) is 0 Å². The molecular weight excluding hydrogens is 206 g/mol. The van der Waals surface area contributed by atoms with E-state index in [4.69, 9.17) is 5.26 Å². The Bertz CT molecular complexity index is 428. The summed E-state index contributed by atoms with van der Waals surface area (Å²) in [6.45, 7) is 3.33. The van der Waals surface area contributed by atoms with Crippen LogP contribution in [0.5, 0.6) is 0 Å². The van der Waals surface area contributed by atoms with E-state index in [0.29, 0.717) is 6.42 Å². The van der Waals surface area contributed by atoms with Gasteiger partial charge in [0, 0.05) is 0 Å². The van der Waals surface area contributed by atoms with E-state index >= 15 is 0 Å². The molecule has 84 valence electrons. The van der Waals surface area contributed by atoms with Crippen LogP contribution in [-0.4, -0.2) is 0 Å². The van der Waals surface area contributed by atoms with Crippen LogP contribution in [0.3, 0.4) is 0 Å². The number of hydrogen-bond acceptors (Lipinski definition) is 1. The van der Waals surface area contributed by atoms with Gasteiger partial charge < -0.3 is 0 Å². The fourth-order valence-corrected chi connectivity index (χ4v) is 1.33. The Morgan fingerprint density at radius 3 is 1.53 bits per heavy atom. The smallest absolute Gasteiger partial charge is 0.0663 e. The molecule has 0 N–H and O–H groups in total. The largest absolute Gasteiger partial charge is 0.198 e. The lowest BCUT2D eigenvalue weighted by Gasteiger charge is -1.98. The van der Waals surface area contributed by atoms with E-state index in [1.165, 1.54) is 11.1 Å². The molecule has 0 aliphatic heterocycles. The molecule has 0 atom stereocenters. The zero-order valence-electron chi connectivity index (χ0n) is 9.71. The summed E-state index contributed by atoms with van der Waals surface area (Å²) < 4.78 is 0. The molecule has 0 unspecified atom stereocenters. The third-order valence-electron chi connectivity index (χ3n) is 2.12. The third-order valence-corrected chi connectivity index (χ3v) is 2.12. The minimum atomic E-state index is 0.458. The standard InChI is InChI=1S/C12H10.C4H5N/c1-3-7-11(8-4-1)12-9-5-2-6-10-12;1-2-3-4-5/h1-10H;2H,1,3H2. The number of nitriles is 1. The lowest BCUT2D eigenvalue weighted by atomic mass is 10.1. The van der Waals surface area contributed by atoms with Crippen LogP contribution in [0.15, 0.2) is 73.3 Å². The van der Waals surface area contributed by atoms with Crippen LogP contribution in [0.4, 0.5) is 0 Å². The summed E-state index contributed by atoms with van der Waals surface area (Å²) in [6, 6.07) is 22.7. The highest BCUT2D eigenvalue weighted by molar-refractivity contribution is 5.62. The van der Waals surface area contributed by atoms with Crippen molar-refractivity contribution < 1.29 is 0 Å². The zero-order chi connectivity index (χ0) is 12.3. The van der Waals surface area contributed by atoms with E-state index < -0.39 is 0 Å². The average Bonchev–Trinajstić information content (AvgIpc) is 2.42. The SMILES string of the molecule is C=CCC#N.c1ccc(-c2ccccc2)cc1. The molecule has 0 amide bonds. The highest BCUT2D eigenvalue weighted by Gasteiger charge is 1.91. The summed E-state index contributed by atoms with van der Waals surface area (Å²) in [5, 5.41) is 7.74. The molecule has 0 spiro atoms. The molecule has 1 heteroatoms. The van der Waals surface area contributed by atoms with E-state index in [0.717, 1.165) is 0 Å². The Morgan fingerprint density at radius 1 is 0.882 bits per heavy atom. The number of allylic oxidation sites excluding steroid dienone is 1. The third kappa shape index (κ3) is 4.81. The van der Waals surface area contributed by atoms with Crippen molar-refractivity contribution in [2.24, 2.45) is 0 Å². The number of rotatable bonds is 2. The van der Waals surface area contributed by atoms with Crippen molar-refractivity contribution in [3.05, 3.63) is 73.3 Å². The highest BCUT2D eigenvalue weighted by Crippen LogP contribution is 2.17. The van der Waals surface area contributed by atoms with Gasteiger partial charge in [0.2, 0.25) is 0 Å². The van der Waals surface area contributed by atoms with Gasteiger partial charge >= 0.3 is 0 Å². The van der Waals surface area contributed by atoms with E-state index in [9.17, 15) is 0 Å². The molecule has 17 heavy (non-hydrogen) atoms. The van der Waals surface area contributed by atoms with Gasteiger partial charge in [-0.3, -0.25) is 0 Å². The van der Waals surface area contributed by atoms with Gasteiger partial charge in [-0.1, -0.05) is 66.7 Å². The Kier molecular flexibility index (Phi) is 5.92. The van der Waals surface area contributed by atoms with Crippen molar-refractivity contribution in [3.63, 3.8) is 0 Å². The van der Waals surface area contributed by atoms with E-state index in [-0.39, 0.29) is 0 Å². The molecule has 0 aliphatic carbocycles. The Balaban J connectivity index is 0.000000249. The van der Waals surface area contributed by atoms with Crippen LogP contribution >= 0.6 is 0 Å². The molecule has 0 aliphatic rings. The fraction of sp³-hybridized carbons (Fsp3) is 0.0625. The maximum Gasteiger partial charge on any atom is 0.0663 e. The van der Waals surface area contributed by atoms with E-state index in [2.05, 4.69) is 55.1 Å². The average molecular weight is 221 g/mol. The quantitative estimate of drug-likeness (QED) is 0.688. The minimum absolute atomic E-state index is 0.458. The molecule has 0 bridgehead atoms. The predicted octanol–water partition coefficient (Wildman–Crippen LogP) is 4.44. The molecule has 1 nitrogen and oxygen atoms in total. The maximum absolute atomic E-state index is 7.74. The summed E-state index contributed by atoms with van der Waals surface area (Å²) in [4.78, 5) is 0. The predicted molar refractivity (Wildman–Crippen MR) is 72.3 cm³/mol. The van der Waals surface area contributed by atoms with Crippen LogP contribution < -0.4 is 0 Å². The molecule has 0 aromatic heterocycles. The first-order valence-corrected chi connectivity index (χ1v) is 5.47. The molecule has 0 saturated carbocycles. The minimum Gasteiger partial charge on any atom is -0.198 e. The summed E-state index contributed by atoms with van der Waals surface area (Å²) in [7, 11) is 0. The van der Waals surface area contributed by atoms with Crippen LogP contribution in [0.2, 0.25) is 0 Å². The Hall–Kier alpha value is -2.33. The molecule has 0 saturated heterocycles. The van der Waals surface area contributed by atoms with Gasteiger partial charge in [-0.05, 0) is 11.1 Å². The van der Waals surface area contributed by atoms with Gasteiger partial charge in [-0.15, -0.1) is 6.58 Å². The summed E-state index contributed by atoms with van der Waals surface area (Å²) >= 11 is 0. The second-order valence-corrected chi connectivity index (χ2v) is 3.38. The van der Waals surface area contributed by atoms with Crippen molar-refractivity contribution in [2.75, 3.05) is 0 Å². The molecule has 2 aromatic carbocycles. The van der Waals surface area contributed by atoms with Crippen molar-refractivity contribution in [1.82, 2.24) is 0 Å². The topological polar surface area (TPSA) is 23.8 Å². The molecule has 0 radical (unpaired) electrons. The lowest BCUT2D eigenvalue weighted by Crippen LogP contribution is -1.73. The fourth-order valence-electron chi connectivity index (χ4n) is 1.33.